The van der Waals surface area contributed by atoms with Crippen molar-refractivity contribution in [3.63, 3.8) is 0 Å². The number of aryl methyl sites for hydroxylation is 1. The van der Waals surface area contributed by atoms with Crippen LogP contribution >= 0.6 is 11.6 Å². The molecule has 0 fully saturated rings. The standard InChI is InChI=1S/C10H10ClNO/c1-6-3-7-5-12(2)10(13)9(7)8(11)4-6/h3-4H,5H2,1-2H3. The summed E-state index contributed by atoms with van der Waals surface area (Å²) in [4.78, 5) is 13.2. The summed E-state index contributed by atoms with van der Waals surface area (Å²) >= 11 is 5.99. The molecule has 0 unspecified atom stereocenters. The van der Waals surface area contributed by atoms with Crippen LogP contribution in [0.3, 0.4) is 0 Å². The molecule has 1 aliphatic heterocycles. The third-order valence-electron chi connectivity index (χ3n) is 2.28. The van der Waals surface area contributed by atoms with Crippen LogP contribution in [-0.2, 0) is 6.54 Å². The van der Waals surface area contributed by atoms with Gasteiger partial charge in [-0.15, -0.1) is 0 Å². The second-order valence-electron chi connectivity index (χ2n) is 3.44. The van der Waals surface area contributed by atoms with Gasteiger partial charge in [0.1, 0.15) is 0 Å². The number of amides is 1. The fourth-order valence-corrected chi connectivity index (χ4v) is 2.07. The van der Waals surface area contributed by atoms with Gasteiger partial charge in [-0.25, -0.2) is 0 Å². The minimum absolute atomic E-state index is 0.0278. The zero-order chi connectivity index (χ0) is 9.59. The van der Waals surface area contributed by atoms with Crippen LogP contribution in [0.15, 0.2) is 12.1 Å². The van der Waals surface area contributed by atoms with E-state index >= 15 is 0 Å². The van der Waals surface area contributed by atoms with E-state index in [9.17, 15) is 4.79 Å². The van der Waals surface area contributed by atoms with E-state index < -0.39 is 0 Å². The first-order chi connectivity index (χ1) is 6.09. The molecule has 0 radical (unpaired) electrons. The molecule has 2 rings (SSSR count). The summed E-state index contributed by atoms with van der Waals surface area (Å²) in [6, 6.07) is 3.85. The second-order valence-corrected chi connectivity index (χ2v) is 3.85. The lowest BCUT2D eigenvalue weighted by molar-refractivity contribution is 0.0816. The topological polar surface area (TPSA) is 20.3 Å². The van der Waals surface area contributed by atoms with E-state index in [4.69, 9.17) is 11.6 Å². The SMILES string of the molecule is Cc1cc(Cl)c2c(c1)CN(C)C2=O. The van der Waals surface area contributed by atoms with Gasteiger partial charge in [0.25, 0.3) is 5.91 Å². The Morgan fingerprint density at radius 2 is 2.15 bits per heavy atom. The van der Waals surface area contributed by atoms with Crippen LogP contribution in [-0.4, -0.2) is 17.9 Å². The number of carbonyl (C=O) groups is 1. The van der Waals surface area contributed by atoms with Gasteiger partial charge < -0.3 is 4.90 Å². The van der Waals surface area contributed by atoms with E-state index in [0.717, 1.165) is 11.1 Å². The Morgan fingerprint density at radius 3 is 2.85 bits per heavy atom. The number of rotatable bonds is 0. The molecule has 0 N–H and O–H groups in total. The van der Waals surface area contributed by atoms with E-state index in [1.807, 2.05) is 19.1 Å². The van der Waals surface area contributed by atoms with Gasteiger partial charge in [-0.3, -0.25) is 4.79 Å². The summed E-state index contributed by atoms with van der Waals surface area (Å²) in [6.45, 7) is 2.66. The molecule has 0 bridgehead atoms. The molecule has 1 amide bonds. The second kappa shape index (κ2) is 2.74. The third kappa shape index (κ3) is 1.22. The van der Waals surface area contributed by atoms with Crippen molar-refractivity contribution in [1.29, 1.82) is 0 Å². The summed E-state index contributed by atoms with van der Waals surface area (Å²) < 4.78 is 0. The fraction of sp³-hybridized carbons (Fsp3) is 0.300. The number of fused-ring (bicyclic) bond motifs is 1. The van der Waals surface area contributed by atoms with Crippen molar-refractivity contribution in [1.82, 2.24) is 4.90 Å². The molecule has 0 atom stereocenters. The molecule has 2 nitrogen and oxygen atoms in total. The molecule has 0 saturated heterocycles. The van der Waals surface area contributed by atoms with Gasteiger partial charge in [0.05, 0.1) is 10.6 Å². The van der Waals surface area contributed by atoms with Gasteiger partial charge in [-0.05, 0) is 24.1 Å². The Bertz CT molecular complexity index is 387. The quantitative estimate of drug-likeness (QED) is 0.622. The van der Waals surface area contributed by atoms with E-state index in [0.29, 0.717) is 17.1 Å². The summed E-state index contributed by atoms with van der Waals surface area (Å²) in [5, 5.41) is 0.573. The van der Waals surface area contributed by atoms with Gasteiger partial charge in [0.2, 0.25) is 0 Å². The highest BCUT2D eigenvalue weighted by Crippen LogP contribution is 2.29. The molecule has 0 aliphatic carbocycles. The van der Waals surface area contributed by atoms with Crippen molar-refractivity contribution >= 4 is 17.5 Å². The highest BCUT2D eigenvalue weighted by Gasteiger charge is 2.26. The fourth-order valence-electron chi connectivity index (χ4n) is 1.70. The molecule has 13 heavy (non-hydrogen) atoms. The number of halogens is 1. The van der Waals surface area contributed by atoms with Crippen molar-refractivity contribution in [3.05, 3.63) is 33.8 Å². The van der Waals surface area contributed by atoms with E-state index in [2.05, 4.69) is 0 Å². The smallest absolute Gasteiger partial charge is 0.255 e. The highest BCUT2D eigenvalue weighted by molar-refractivity contribution is 6.34. The normalized spacial score (nSPS) is 15.0. The van der Waals surface area contributed by atoms with Crippen LogP contribution in [0.1, 0.15) is 21.5 Å². The van der Waals surface area contributed by atoms with Gasteiger partial charge in [0.15, 0.2) is 0 Å². The Hall–Kier alpha value is -1.02. The lowest BCUT2D eigenvalue weighted by atomic mass is 10.1. The summed E-state index contributed by atoms with van der Waals surface area (Å²) in [5.41, 5.74) is 2.82. The number of benzene rings is 1. The highest BCUT2D eigenvalue weighted by atomic mass is 35.5. The molecule has 68 valence electrons. The van der Waals surface area contributed by atoms with E-state index in [1.54, 1.807) is 11.9 Å². The van der Waals surface area contributed by atoms with Crippen LogP contribution in [0.25, 0.3) is 0 Å². The van der Waals surface area contributed by atoms with Crippen molar-refractivity contribution in [3.8, 4) is 0 Å². The first-order valence-electron chi connectivity index (χ1n) is 4.14. The lowest BCUT2D eigenvalue weighted by Gasteiger charge is -2.04. The first-order valence-corrected chi connectivity index (χ1v) is 4.52. The monoisotopic (exact) mass is 195 g/mol. The summed E-state index contributed by atoms with van der Waals surface area (Å²) in [7, 11) is 1.79. The molecule has 1 heterocycles. The largest absolute Gasteiger partial charge is 0.337 e. The average molecular weight is 196 g/mol. The van der Waals surface area contributed by atoms with Crippen LogP contribution in [0, 0.1) is 6.92 Å². The molecule has 1 aromatic carbocycles. The molecule has 0 aromatic heterocycles. The van der Waals surface area contributed by atoms with Crippen LogP contribution in [0.4, 0.5) is 0 Å². The zero-order valence-electron chi connectivity index (χ0n) is 7.60. The average Bonchev–Trinajstić information content (AvgIpc) is 2.27. The molecule has 3 heteroatoms. The Labute approximate surface area is 82.1 Å². The maximum Gasteiger partial charge on any atom is 0.255 e. The molecule has 0 saturated carbocycles. The zero-order valence-corrected chi connectivity index (χ0v) is 8.35. The maximum absolute atomic E-state index is 11.6. The molecular weight excluding hydrogens is 186 g/mol. The molecule has 0 spiro atoms. The number of hydrogen-bond donors (Lipinski definition) is 0. The van der Waals surface area contributed by atoms with Crippen LogP contribution in [0.2, 0.25) is 5.02 Å². The Kier molecular flexibility index (Phi) is 1.81. The molecular formula is C10H10ClNO. The lowest BCUT2D eigenvalue weighted by Crippen LogP contribution is -2.17. The van der Waals surface area contributed by atoms with Crippen molar-refractivity contribution < 1.29 is 4.79 Å². The molecule has 1 aromatic rings. The van der Waals surface area contributed by atoms with Crippen molar-refractivity contribution in [2.75, 3.05) is 7.05 Å². The number of nitrogens with zero attached hydrogens (tertiary/aromatic N) is 1. The van der Waals surface area contributed by atoms with Crippen LogP contribution in [0.5, 0.6) is 0 Å². The van der Waals surface area contributed by atoms with E-state index in [-0.39, 0.29) is 5.91 Å². The number of carbonyl (C=O) groups excluding carboxylic acids is 1. The van der Waals surface area contributed by atoms with Gasteiger partial charge >= 0.3 is 0 Å². The van der Waals surface area contributed by atoms with Gasteiger partial charge in [0, 0.05) is 13.6 Å². The maximum atomic E-state index is 11.6. The molecule has 1 aliphatic rings. The summed E-state index contributed by atoms with van der Waals surface area (Å²) in [6.07, 6.45) is 0. The minimum Gasteiger partial charge on any atom is -0.337 e. The van der Waals surface area contributed by atoms with Gasteiger partial charge in [-0.1, -0.05) is 17.7 Å². The number of hydrogen-bond acceptors (Lipinski definition) is 1. The van der Waals surface area contributed by atoms with E-state index in [1.165, 1.54) is 0 Å². The van der Waals surface area contributed by atoms with Crippen molar-refractivity contribution in [2.45, 2.75) is 13.5 Å². The minimum atomic E-state index is 0.0278. The van der Waals surface area contributed by atoms with Gasteiger partial charge in [-0.2, -0.15) is 0 Å². The Morgan fingerprint density at radius 1 is 1.46 bits per heavy atom. The predicted octanol–water partition coefficient (Wildman–Crippen LogP) is 2.23. The summed E-state index contributed by atoms with van der Waals surface area (Å²) in [5.74, 6) is 0.0278. The Balaban J connectivity index is 2.64. The predicted molar refractivity (Wildman–Crippen MR) is 52.0 cm³/mol. The third-order valence-corrected chi connectivity index (χ3v) is 2.58. The van der Waals surface area contributed by atoms with Crippen LogP contribution < -0.4 is 0 Å². The first kappa shape index (κ1) is 8.57. The van der Waals surface area contributed by atoms with Crippen molar-refractivity contribution in [2.24, 2.45) is 0 Å².